The van der Waals surface area contributed by atoms with Crippen LogP contribution in [0.1, 0.15) is 44.6 Å². The van der Waals surface area contributed by atoms with Crippen LogP contribution in [-0.2, 0) is 11.2 Å². The first kappa shape index (κ1) is 22.6. The Morgan fingerprint density at radius 1 is 1.09 bits per heavy atom. The van der Waals surface area contributed by atoms with Gasteiger partial charge >= 0.3 is 0 Å². The van der Waals surface area contributed by atoms with Gasteiger partial charge in [-0.15, -0.1) is 0 Å². The van der Waals surface area contributed by atoms with Gasteiger partial charge in [0.1, 0.15) is 11.5 Å². The van der Waals surface area contributed by atoms with Crippen LogP contribution in [0.3, 0.4) is 0 Å². The number of ether oxygens (including phenoxy) is 2. The first-order valence-corrected chi connectivity index (χ1v) is 12.1. The van der Waals surface area contributed by atoms with Gasteiger partial charge in [-0.25, -0.2) is 4.98 Å². The van der Waals surface area contributed by atoms with Gasteiger partial charge in [0.15, 0.2) is 0 Å². The van der Waals surface area contributed by atoms with E-state index >= 15 is 0 Å². The molecule has 1 saturated carbocycles. The monoisotopic (exact) mass is 496 g/mol. The number of halogens is 1. The molecule has 6 heteroatoms. The van der Waals surface area contributed by atoms with Crippen LogP contribution in [-0.4, -0.2) is 24.0 Å². The summed E-state index contributed by atoms with van der Waals surface area (Å²) in [5.74, 6) is 2.76. The van der Waals surface area contributed by atoms with Crippen LogP contribution in [0, 0.1) is 5.92 Å². The van der Waals surface area contributed by atoms with Crippen LogP contribution in [0.5, 0.6) is 17.4 Å². The smallest absolute Gasteiger partial charge is 0.219 e. The molecule has 0 unspecified atom stereocenters. The second-order valence-electron chi connectivity index (χ2n) is 8.42. The van der Waals surface area contributed by atoms with E-state index in [1.807, 2.05) is 42.5 Å². The Morgan fingerprint density at radius 3 is 2.72 bits per heavy atom. The molecule has 0 spiro atoms. The molecule has 4 rings (SSSR count). The fraction of sp³-hybridized carbons (Fsp3) is 0.385. The zero-order valence-electron chi connectivity index (χ0n) is 18.4. The number of nitrogens with zero attached hydrogens (tertiary/aromatic N) is 1. The van der Waals surface area contributed by atoms with E-state index in [1.54, 1.807) is 0 Å². The van der Waals surface area contributed by atoms with Gasteiger partial charge in [0.05, 0.1) is 16.6 Å². The Hall–Kier alpha value is -2.60. The molecule has 5 nitrogen and oxygen atoms in total. The van der Waals surface area contributed by atoms with Crippen LogP contribution in [0.4, 0.5) is 0 Å². The molecular weight excluding hydrogens is 468 g/mol. The number of amides is 1. The van der Waals surface area contributed by atoms with E-state index in [2.05, 4.69) is 32.3 Å². The minimum atomic E-state index is -0.00954. The molecule has 2 aromatic carbocycles. The summed E-state index contributed by atoms with van der Waals surface area (Å²) >= 11 is 3.61. The van der Waals surface area contributed by atoms with Gasteiger partial charge in [-0.05, 0) is 83.1 Å². The number of hydrogen-bond acceptors (Lipinski definition) is 4. The summed E-state index contributed by atoms with van der Waals surface area (Å²) in [6.45, 7) is 2.94. The van der Waals surface area contributed by atoms with E-state index in [0.29, 0.717) is 24.1 Å². The van der Waals surface area contributed by atoms with Crippen LogP contribution in [0.2, 0.25) is 0 Å². The number of pyridine rings is 1. The highest BCUT2D eigenvalue weighted by Crippen LogP contribution is 2.33. The molecule has 0 bridgehead atoms. The second kappa shape index (κ2) is 10.8. The summed E-state index contributed by atoms with van der Waals surface area (Å²) in [5, 5.41) is 3.87. The Bertz CT molecular complexity index is 1080. The molecule has 0 radical (unpaired) electrons. The molecule has 1 fully saturated rings. The van der Waals surface area contributed by atoms with Gasteiger partial charge in [0.25, 0.3) is 0 Å². The maximum atomic E-state index is 11.0. The lowest BCUT2D eigenvalue weighted by Crippen LogP contribution is -2.22. The van der Waals surface area contributed by atoms with E-state index < -0.39 is 0 Å². The highest BCUT2D eigenvalue weighted by molar-refractivity contribution is 9.10. The van der Waals surface area contributed by atoms with Crippen LogP contribution < -0.4 is 14.8 Å². The fourth-order valence-electron chi connectivity index (χ4n) is 4.10. The zero-order chi connectivity index (χ0) is 22.3. The lowest BCUT2D eigenvalue weighted by atomic mass is 9.90. The summed E-state index contributed by atoms with van der Waals surface area (Å²) in [7, 11) is 0. The first-order chi connectivity index (χ1) is 15.6. The minimum absolute atomic E-state index is 0.00954. The van der Waals surface area contributed by atoms with Gasteiger partial charge in [-0.1, -0.05) is 25.3 Å². The van der Waals surface area contributed by atoms with Crippen molar-refractivity contribution in [2.45, 2.75) is 45.4 Å². The molecule has 1 amide bonds. The van der Waals surface area contributed by atoms with Crippen LogP contribution >= 0.6 is 15.9 Å². The van der Waals surface area contributed by atoms with Crippen LogP contribution in [0.15, 0.2) is 53.0 Å². The summed E-state index contributed by atoms with van der Waals surface area (Å²) in [6.07, 6.45) is 7.32. The lowest BCUT2D eigenvalue weighted by molar-refractivity contribution is -0.118. The summed E-state index contributed by atoms with van der Waals surface area (Å²) in [4.78, 5) is 15.7. The lowest BCUT2D eigenvalue weighted by Gasteiger charge is -2.22. The number of rotatable bonds is 8. The fourth-order valence-corrected chi connectivity index (χ4v) is 4.57. The molecule has 0 atom stereocenters. The molecule has 32 heavy (non-hydrogen) atoms. The van der Waals surface area contributed by atoms with E-state index in [4.69, 9.17) is 9.47 Å². The summed E-state index contributed by atoms with van der Waals surface area (Å²) in [6, 6.07) is 15.8. The molecule has 1 heterocycles. The molecule has 1 aromatic heterocycles. The molecule has 1 N–H and O–H groups in total. The quantitative estimate of drug-likeness (QED) is 0.390. The van der Waals surface area contributed by atoms with E-state index in [1.165, 1.54) is 39.0 Å². The summed E-state index contributed by atoms with van der Waals surface area (Å²) < 4.78 is 12.9. The van der Waals surface area contributed by atoms with Crippen molar-refractivity contribution in [2.24, 2.45) is 5.92 Å². The predicted molar refractivity (Wildman–Crippen MR) is 130 cm³/mol. The molecule has 3 aromatic rings. The van der Waals surface area contributed by atoms with E-state index in [9.17, 15) is 4.79 Å². The van der Waals surface area contributed by atoms with E-state index in [-0.39, 0.29) is 5.91 Å². The molecule has 1 aliphatic carbocycles. The SMILES string of the molecule is CC(=O)NCCc1ccc2nc(Oc3ccc(OCC4CCCCC4)c(Br)c3)ccc2c1. The number of aromatic nitrogens is 1. The number of fused-ring (bicyclic) bond motifs is 1. The van der Waals surface area contributed by atoms with Crippen molar-refractivity contribution in [3.8, 4) is 17.4 Å². The molecule has 0 saturated heterocycles. The van der Waals surface area contributed by atoms with Crippen molar-refractivity contribution in [1.29, 1.82) is 0 Å². The summed E-state index contributed by atoms with van der Waals surface area (Å²) in [5.41, 5.74) is 2.03. The van der Waals surface area contributed by atoms with Gasteiger partial charge in [0, 0.05) is 24.9 Å². The Kier molecular flexibility index (Phi) is 7.63. The predicted octanol–water partition coefficient (Wildman–Crippen LogP) is 6.43. The molecule has 168 valence electrons. The highest BCUT2D eigenvalue weighted by atomic mass is 79.9. The van der Waals surface area contributed by atoms with Crippen LogP contribution in [0.25, 0.3) is 10.9 Å². The third kappa shape index (κ3) is 6.22. The molecule has 1 aliphatic rings. The number of benzene rings is 2. The van der Waals surface area contributed by atoms with Gasteiger partial charge in [-0.3, -0.25) is 4.79 Å². The highest BCUT2D eigenvalue weighted by Gasteiger charge is 2.15. The van der Waals surface area contributed by atoms with Gasteiger partial charge in [-0.2, -0.15) is 0 Å². The topological polar surface area (TPSA) is 60.5 Å². The third-order valence-electron chi connectivity index (χ3n) is 5.84. The maximum absolute atomic E-state index is 11.0. The van der Waals surface area contributed by atoms with E-state index in [0.717, 1.165) is 39.7 Å². The van der Waals surface area contributed by atoms with Crippen molar-refractivity contribution >= 4 is 32.7 Å². The minimum Gasteiger partial charge on any atom is -0.492 e. The normalized spacial score (nSPS) is 14.3. The number of hydrogen-bond donors (Lipinski definition) is 1. The number of nitrogens with one attached hydrogen (secondary N) is 1. The number of carbonyl (C=O) groups excluding carboxylic acids is 1. The van der Waals surface area contributed by atoms with Crippen molar-refractivity contribution in [1.82, 2.24) is 10.3 Å². The zero-order valence-corrected chi connectivity index (χ0v) is 20.0. The Morgan fingerprint density at radius 2 is 1.94 bits per heavy atom. The van der Waals surface area contributed by atoms with Crippen molar-refractivity contribution in [3.63, 3.8) is 0 Å². The molecular formula is C26H29BrN2O3. The van der Waals surface area contributed by atoms with Crippen molar-refractivity contribution in [3.05, 3.63) is 58.6 Å². The largest absolute Gasteiger partial charge is 0.492 e. The van der Waals surface area contributed by atoms with Gasteiger partial charge < -0.3 is 14.8 Å². The number of carbonyl (C=O) groups is 1. The Balaban J connectivity index is 1.37. The maximum Gasteiger partial charge on any atom is 0.219 e. The Labute approximate surface area is 197 Å². The van der Waals surface area contributed by atoms with Gasteiger partial charge in [0.2, 0.25) is 11.8 Å². The second-order valence-corrected chi connectivity index (χ2v) is 9.27. The third-order valence-corrected chi connectivity index (χ3v) is 6.46. The van der Waals surface area contributed by atoms with Crippen molar-refractivity contribution < 1.29 is 14.3 Å². The molecule has 0 aliphatic heterocycles. The first-order valence-electron chi connectivity index (χ1n) is 11.3. The average Bonchev–Trinajstić information content (AvgIpc) is 2.79. The standard InChI is InChI=1S/C26H29BrN2O3/c1-18(30)28-14-13-19-7-10-24-21(15-19)8-12-26(29-24)32-22-9-11-25(23(27)16-22)31-17-20-5-3-2-4-6-20/h7-12,15-16,20H,2-6,13-14,17H2,1H3,(H,28,30). The van der Waals surface area contributed by atoms with Crippen molar-refractivity contribution in [2.75, 3.05) is 13.2 Å². The average molecular weight is 497 g/mol.